The average molecular weight is 294 g/mol. The zero-order valence-corrected chi connectivity index (χ0v) is 13.6. The second kappa shape index (κ2) is 6.25. The Labute approximate surface area is 128 Å². The quantitative estimate of drug-likeness (QED) is 0.799. The van der Waals surface area contributed by atoms with Crippen LogP contribution in [0.4, 0.5) is 0 Å². The Bertz CT molecular complexity index is 377. The molecule has 0 aromatic carbocycles. The molecule has 0 radical (unpaired) electrons. The molecule has 1 saturated carbocycles. The van der Waals surface area contributed by atoms with E-state index in [0.29, 0.717) is 11.8 Å². The number of hydrogen-bond donors (Lipinski definition) is 0. The summed E-state index contributed by atoms with van der Waals surface area (Å²) in [6.45, 7) is 10.0. The summed E-state index contributed by atoms with van der Waals surface area (Å²) in [5.41, 5.74) is 0.00410. The molecule has 1 aliphatic carbocycles. The van der Waals surface area contributed by atoms with Crippen LogP contribution >= 0.6 is 0 Å². The highest BCUT2D eigenvalue weighted by molar-refractivity contribution is 5.79. The van der Waals surface area contributed by atoms with E-state index in [4.69, 9.17) is 4.74 Å². The normalized spacial score (nSPS) is 29.7. The van der Waals surface area contributed by atoms with Gasteiger partial charge in [0.15, 0.2) is 0 Å². The van der Waals surface area contributed by atoms with Crippen LogP contribution in [0, 0.1) is 11.8 Å². The van der Waals surface area contributed by atoms with Crippen molar-refractivity contribution >= 4 is 5.91 Å². The third kappa shape index (κ3) is 3.42. The first-order valence-corrected chi connectivity index (χ1v) is 8.73. The molecule has 0 bridgehead atoms. The van der Waals surface area contributed by atoms with Gasteiger partial charge in [-0.3, -0.25) is 4.79 Å². The highest BCUT2D eigenvalue weighted by Crippen LogP contribution is 2.36. The van der Waals surface area contributed by atoms with Crippen molar-refractivity contribution in [2.24, 2.45) is 11.8 Å². The van der Waals surface area contributed by atoms with Crippen LogP contribution in [0.25, 0.3) is 0 Å². The van der Waals surface area contributed by atoms with E-state index >= 15 is 0 Å². The van der Waals surface area contributed by atoms with Gasteiger partial charge in [-0.05, 0) is 31.7 Å². The summed E-state index contributed by atoms with van der Waals surface area (Å²) in [5.74, 6) is 1.29. The maximum atomic E-state index is 12.8. The SMILES string of the molecule is CC(C)CN1CCC(C(=O)N2CCOC3(CCCC3)C2)C1. The van der Waals surface area contributed by atoms with Crippen LogP contribution in [0.1, 0.15) is 46.0 Å². The van der Waals surface area contributed by atoms with Crippen molar-refractivity contribution in [3.05, 3.63) is 0 Å². The number of nitrogens with zero attached hydrogens (tertiary/aromatic N) is 2. The second-order valence-corrected chi connectivity index (χ2v) is 7.64. The molecule has 3 rings (SSSR count). The second-order valence-electron chi connectivity index (χ2n) is 7.64. The molecule has 21 heavy (non-hydrogen) atoms. The van der Waals surface area contributed by atoms with Gasteiger partial charge in [0.05, 0.1) is 18.1 Å². The van der Waals surface area contributed by atoms with E-state index < -0.39 is 0 Å². The zero-order chi connectivity index (χ0) is 14.9. The summed E-state index contributed by atoms with van der Waals surface area (Å²) in [6.07, 6.45) is 5.83. The lowest BCUT2D eigenvalue weighted by molar-refractivity contribution is -0.153. The Morgan fingerprint density at radius 2 is 2.05 bits per heavy atom. The number of carbonyl (C=O) groups excluding carboxylic acids is 1. The van der Waals surface area contributed by atoms with Crippen molar-refractivity contribution in [1.82, 2.24) is 9.80 Å². The van der Waals surface area contributed by atoms with E-state index in [-0.39, 0.29) is 11.5 Å². The van der Waals surface area contributed by atoms with Crippen molar-refractivity contribution < 1.29 is 9.53 Å². The lowest BCUT2D eigenvalue weighted by Crippen LogP contribution is -2.53. The summed E-state index contributed by atoms with van der Waals surface area (Å²) in [5, 5.41) is 0. The molecule has 1 amide bonds. The molecule has 2 aliphatic heterocycles. The van der Waals surface area contributed by atoms with Crippen LogP contribution < -0.4 is 0 Å². The highest BCUT2D eigenvalue weighted by atomic mass is 16.5. The minimum Gasteiger partial charge on any atom is -0.371 e. The highest BCUT2D eigenvalue weighted by Gasteiger charge is 2.42. The summed E-state index contributed by atoms with van der Waals surface area (Å²) < 4.78 is 6.04. The first-order valence-electron chi connectivity index (χ1n) is 8.73. The van der Waals surface area contributed by atoms with Crippen LogP contribution in [0.2, 0.25) is 0 Å². The fourth-order valence-corrected chi connectivity index (χ4v) is 4.33. The summed E-state index contributed by atoms with van der Waals surface area (Å²) in [6, 6.07) is 0. The first-order chi connectivity index (χ1) is 10.1. The van der Waals surface area contributed by atoms with Gasteiger partial charge >= 0.3 is 0 Å². The predicted molar refractivity (Wildman–Crippen MR) is 83.1 cm³/mol. The molecule has 0 N–H and O–H groups in total. The third-order valence-electron chi connectivity index (χ3n) is 5.32. The van der Waals surface area contributed by atoms with Crippen molar-refractivity contribution in [3.8, 4) is 0 Å². The maximum absolute atomic E-state index is 12.8. The Balaban J connectivity index is 1.55. The summed E-state index contributed by atoms with van der Waals surface area (Å²) in [4.78, 5) is 17.4. The molecular weight excluding hydrogens is 264 g/mol. The van der Waals surface area contributed by atoms with E-state index in [1.807, 2.05) is 0 Å². The molecule has 0 aromatic rings. The van der Waals surface area contributed by atoms with Gasteiger partial charge in [0.1, 0.15) is 0 Å². The van der Waals surface area contributed by atoms with Crippen LogP contribution in [0.3, 0.4) is 0 Å². The van der Waals surface area contributed by atoms with Gasteiger partial charge in [-0.25, -0.2) is 0 Å². The molecule has 4 nitrogen and oxygen atoms in total. The first kappa shape index (κ1) is 15.3. The van der Waals surface area contributed by atoms with Gasteiger partial charge in [0.25, 0.3) is 0 Å². The average Bonchev–Trinajstić information content (AvgIpc) is 3.08. The standard InChI is InChI=1S/C17H30N2O2/c1-14(2)11-18-8-5-15(12-18)16(20)19-9-10-21-17(13-19)6-3-4-7-17/h14-15H,3-13H2,1-2H3. The number of rotatable bonds is 3. The van der Waals surface area contributed by atoms with E-state index in [1.54, 1.807) is 0 Å². The van der Waals surface area contributed by atoms with Gasteiger partial charge in [0.2, 0.25) is 5.91 Å². The molecule has 1 unspecified atom stereocenters. The Morgan fingerprint density at radius 1 is 1.29 bits per heavy atom. The lowest BCUT2D eigenvalue weighted by Gasteiger charge is -2.41. The Kier molecular flexibility index (Phi) is 4.55. The smallest absolute Gasteiger partial charge is 0.227 e. The molecule has 0 aromatic heterocycles. The van der Waals surface area contributed by atoms with Crippen LogP contribution in [0.15, 0.2) is 0 Å². The fraction of sp³-hybridized carbons (Fsp3) is 0.941. The van der Waals surface area contributed by atoms with Gasteiger partial charge in [-0.15, -0.1) is 0 Å². The Hall–Kier alpha value is -0.610. The number of morpholine rings is 1. The van der Waals surface area contributed by atoms with Crippen molar-refractivity contribution in [2.45, 2.75) is 51.6 Å². The monoisotopic (exact) mass is 294 g/mol. The van der Waals surface area contributed by atoms with Crippen molar-refractivity contribution in [1.29, 1.82) is 0 Å². The number of amides is 1. The van der Waals surface area contributed by atoms with Gasteiger partial charge < -0.3 is 14.5 Å². The number of carbonyl (C=O) groups is 1. The zero-order valence-electron chi connectivity index (χ0n) is 13.6. The lowest BCUT2D eigenvalue weighted by atomic mass is 9.98. The molecule has 3 fully saturated rings. The number of likely N-dealkylation sites (tertiary alicyclic amines) is 1. The van der Waals surface area contributed by atoms with Crippen molar-refractivity contribution in [3.63, 3.8) is 0 Å². The molecule has 2 saturated heterocycles. The van der Waals surface area contributed by atoms with E-state index in [2.05, 4.69) is 23.6 Å². The molecule has 2 heterocycles. The number of hydrogen-bond acceptors (Lipinski definition) is 3. The molecule has 1 atom stereocenters. The maximum Gasteiger partial charge on any atom is 0.227 e. The number of ether oxygens (including phenoxy) is 1. The van der Waals surface area contributed by atoms with E-state index in [9.17, 15) is 4.79 Å². The van der Waals surface area contributed by atoms with Gasteiger partial charge in [-0.1, -0.05) is 26.7 Å². The van der Waals surface area contributed by atoms with Crippen LogP contribution in [-0.4, -0.2) is 60.6 Å². The minimum absolute atomic E-state index is 0.00410. The molecule has 1 spiro atoms. The van der Waals surface area contributed by atoms with Gasteiger partial charge in [0, 0.05) is 26.2 Å². The summed E-state index contributed by atoms with van der Waals surface area (Å²) >= 11 is 0. The summed E-state index contributed by atoms with van der Waals surface area (Å²) in [7, 11) is 0. The van der Waals surface area contributed by atoms with Gasteiger partial charge in [-0.2, -0.15) is 0 Å². The molecule has 3 aliphatic rings. The third-order valence-corrected chi connectivity index (χ3v) is 5.32. The van der Waals surface area contributed by atoms with Crippen molar-refractivity contribution in [2.75, 3.05) is 39.3 Å². The predicted octanol–water partition coefficient (Wildman–Crippen LogP) is 2.14. The fourth-order valence-electron chi connectivity index (χ4n) is 4.33. The minimum atomic E-state index is 0.00410. The van der Waals surface area contributed by atoms with E-state index in [1.165, 1.54) is 12.8 Å². The largest absolute Gasteiger partial charge is 0.371 e. The molecule has 120 valence electrons. The van der Waals surface area contributed by atoms with E-state index in [0.717, 1.165) is 58.6 Å². The molecule has 4 heteroatoms. The Morgan fingerprint density at radius 3 is 2.76 bits per heavy atom. The topological polar surface area (TPSA) is 32.8 Å². The van der Waals surface area contributed by atoms with Crippen LogP contribution in [0.5, 0.6) is 0 Å². The van der Waals surface area contributed by atoms with Crippen LogP contribution in [-0.2, 0) is 9.53 Å². The molecular formula is C17H30N2O2.